The van der Waals surface area contributed by atoms with Crippen LogP contribution in [-0.2, 0) is 10.5 Å². The summed E-state index contributed by atoms with van der Waals surface area (Å²) in [6.45, 7) is 1.88. The Morgan fingerprint density at radius 3 is 2.48 bits per heavy atom. The molecule has 1 atom stereocenters. The molecule has 1 unspecified atom stereocenters. The van der Waals surface area contributed by atoms with E-state index in [1.165, 1.54) is 5.56 Å². The summed E-state index contributed by atoms with van der Waals surface area (Å²) in [6, 6.07) is 24.8. The maximum absolute atomic E-state index is 13.4. The van der Waals surface area contributed by atoms with Gasteiger partial charge in [-0.1, -0.05) is 66.4 Å². The van der Waals surface area contributed by atoms with Crippen molar-refractivity contribution in [3.05, 3.63) is 108 Å². The molecule has 4 aromatic rings. The first-order valence-corrected chi connectivity index (χ1v) is 11.6. The molecule has 2 aromatic carbocycles. The van der Waals surface area contributed by atoms with Gasteiger partial charge >= 0.3 is 0 Å². The molecule has 0 saturated carbocycles. The highest BCUT2D eigenvalue weighted by molar-refractivity contribution is 7.98. The Morgan fingerprint density at radius 1 is 1.03 bits per heavy atom. The highest BCUT2D eigenvalue weighted by Gasteiger charge is 2.35. The fraction of sp³-hybridized carbons (Fsp3) is 0.120. The second kappa shape index (κ2) is 9.30. The van der Waals surface area contributed by atoms with E-state index in [2.05, 4.69) is 32.7 Å². The molecule has 2 aromatic heterocycles. The maximum Gasteiger partial charge on any atom is 0.255 e. The Kier molecular flexibility index (Phi) is 5.91. The number of amides is 1. The van der Waals surface area contributed by atoms with Crippen molar-refractivity contribution in [2.75, 3.05) is 10.6 Å². The summed E-state index contributed by atoms with van der Waals surface area (Å²) in [5.74, 6) is 1.14. The number of rotatable bonds is 6. The molecule has 5 rings (SSSR count). The molecule has 164 valence electrons. The molecule has 1 aliphatic rings. The average Bonchev–Trinajstić information content (AvgIpc) is 3.26. The number of allylic oxidation sites excluding steroid dienone is 1. The summed E-state index contributed by atoms with van der Waals surface area (Å²) in [6.07, 6.45) is 1.72. The third-order valence-corrected chi connectivity index (χ3v) is 6.20. The summed E-state index contributed by atoms with van der Waals surface area (Å²) in [5, 5.41) is 11.6. The first kappa shape index (κ1) is 21.0. The number of hydrogen-bond acceptors (Lipinski definition) is 6. The number of nitrogens with zero attached hydrogens (tertiary/aromatic N) is 4. The highest BCUT2D eigenvalue weighted by Crippen LogP contribution is 2.36. The molecule has 0 bridgehead atoms. The van der Waals surface area contributed by atoms with E-state index in [0.717, 1.165) is 22.8 Å². The Bertz CT molecular complexity index is 1290. The molecule has 0 radical (unpaired) electrons. The number of anilines is 2. The van der Waals surface area contributed by atoms with E-state index >= 15 is 0 Å². The fourth-order valence-electron chi connectivity index (χ4n) is 3.74. The number of thioether (sulfide) groups is 1. The monoisotopic (exact) mass is 454 g/mol. The third kappa shape index (κ3) is 4.51. The molecule has 33 heavy (non-hydrogen) atoms. The minimum atomic E-state index is -0.496. The molecule has 3 heterocycles. The van der Waals surface area contributed by atoms with Gasteiger partial charge in [-0.05, 0) is 36.8 Å². The van der Waals surface area contributed by atoms with E-state index in [0.29, 0.717) is 16.7 Å². The zero-order valence-electron chi connectivity index (χ0n) is 18.0. The minimum absolute atomic E-state index is 0.207. The first-order chi connectivity index (χ1) is 16.2. The summed E-state index contributed by atoms with van der Waals surface area (Å²) < 4.78 is 1.75. The van der Waals surface area contributed by atoms with E-state index < -0.39 is 6.04 Å². The molecular weight excluding hydrogens is 432 g/mol. The Balaban J connectivity index is 1.48. The molecule has 8 heteroatoms. The van der Waals surface area contributed by atoms with Gasteiger partial charge in [0, 0.05) is 23.3 Å². The van der Waals surface area contributed by atoms with Crippen LogP contribution < -0.4 is 10.6 Å². The number of carbonyl (C=O) groups is 1. The van der Waals surface area contributed by atoms with Gasteiger partial charge in [0.15, 0.2) is 0 Å². The largest absolute Gasteiger partial charge is 0.328 e. The van der Waals surface area contributed by atoms with Crippen molar-refractivity contribution in [2.24, 2.45) is 0 Å². The summed E-state index contributed by atoms with van der Waals surface area (Å²) in [7, 11) is 0. The SMILES string of the molecule is CC1=C(C(=O)Nc2ccccc2)C(c2ccccn2)n2nc(SCc3ccccc3)nc2N1. The molecule has 1 amide bonds. The predicted molar refractivity (Wildman–Crippen MR) is 130 cm³/mol. The summed E-state index contributed by atoms with van der Waals surface area (Å²) in [4.78, 5) is 22.6. The second-order valence-corrected chi connectivity index (χ2v) is 8.52. The highest BCUT2D eigenvalue weighted by atomic mass is 32.2. The Hall–Kier alpha value is -3.91. The molecule has 0 fully saturated rings. The summed E-state index contributed by atoms with van der Waals surface area (Å²) >= 11 is 1.56. The van der Waals surface area contributed by atoms with Crippen LogP contribution in [0.1, 0.15) is 24.2 Å². The van der Waals surface area contributed by atoms with Gasteiger partial charge in [0.2, 0.25) is 11.1 Å². The lowest BCUT2D eigenvalue weighted by Gasteiger charge is -2.27. The number of nitrogens with one attached hydrogen (secondary N) is 2. The van der Waals surface area contributed by atoms with Crippen molar-refractivity contribution >= 4 is 29.3 Å². The maximum atomic E-state index is 13.4. The molecule has 1 aliphatic heterocycles. The third-order valence-electron chi connectivity index (χ3n) is 5.29. The van der Waals surface area contributed by atoms with E-state index in [4.69, 9.17) is 5.10 Å². The van der Waals surface area contributed by atoms with Crippen molar-refractivity contribution in [3.63, 3.8) is 0 Å². The van der Waals surface area contributed by atoms with Gasteiger partial charge in [-0.15, -0.1) is 5.10 Å². The van der Waals surface area contributed by atoms with Crippen LogP contribution in [-0.4, -0.2) is 25.7 Å². The summed E-state index contributed by atoms with van der Waals surface area (Å²) in [5.41, 5.74) is 3.92. The van der Waals surface area contributed by atoms with Crippen molar-refractivity contribution in [1.82, 2.24) is 19.7 Å². The van der Waals surface area contributed by atoms with Crippen LogP contribution >= 0.6 is 11.8 Å². The minimum Gasteiger partial charge on any atom is -0.328 e. The number of fused-ring (bicyclic) bond motifs is 1. The number of carbonyl (C=O) groups excluding carboxylic acids is 1. The second-order valence-electron chi connectivity index (χ2n) is 7.58. The lowest BCUT2D eigenvalue weighted by atomic mass is 9.98. The fourth-order valence-corrected chi connectivity index (χ4v) is 4.52. The molecule has 0 spiro atoms. The van der Waals surface area contributed by atoms with E-state index in [9.17, 15) is 4.79 Å². The molecule has 0 saturated heterocycles. The first-order valence-electron chi connectivity index (χ1n) is 10.6. The van der Waals surface area contributed by atoms with Gasteiger partial charge < -0.3 is 10.6 Å². The zero-order chi connectivity index (χ0) is 22.6. The standard InChI is InChI=1S/C25H22N6OS/c1-17-21(23(32)28-19-12-6-3-7-13-19)22(20-14-8-9-15-26-20)31-24(27-17)29-25(30-31)33-16-18-10-4-2-5-11-18/h2-15,22H,16H2,1H3,(H,28,32)(H,27,29,30). The lowest BCUT2D eigenvalue weighted by Crippen LogP contribution is -2.32. The molecule has 7 nitrogen and oxygen atoms in total. The number of hydrogen-bond donors (Lipinski definition) is 2. The van der Waals surface area contributed by atoms with Crippen LogP contribution in [0.25, 0.3) is 0 Å². The molecular formula is C25H22N6OS. The van der Waals surface area contributed by atoms with E-state index in [1.807, 2.05) is 73.7 Å². The van der Waals surface area contributed by atoms with E-state index in [-0.39, 0.29) is 5.91 Å². The number of para-hydroxylation sites is 1. The lowest BCUT2D eigenvalue weighted by molar-refractivity contribution is -0.113. The van der Waals surface area contributed by atoms with Crippen LogP contribution in [0.15, 0.2) is 101 Å². The smallest absolute Gasteiger partial charge is 0.255 e. The number of benzene rings is 2. The zero-order valence-corrected chi connectivity index (χ0v) is 18.8. The van der Waals surface area contributed by atoms with Crippen molar-refractivity contribution < 1.29 is 4.79 Å². The van der Waals surface area contributed by atoms with Crippen LogP contribution in [0.4, 0.5) is 11.6 Å². The van der Waals surface area contributed by atoms with Crippen LogP contribution in [0.5, 0.6) is 0 Å². The van der Waals surface area contributed by atoms with Gasteiger partial charge in [-0.2, -0.15) is 4.98 Å². The Morgan fingerprint density at radius 2 is 1.76 bits per heavy atom. The van der Waals surface area contributed by atoms with Gasteiger partial charge in [-0.25, -0.2) is 4.68 Å². The van der Waals surface area contributed by atoms with Crippen LogP contribution in [0, 0.1) is 0 Å². The van der Waals surface area contributed by atoms with E-state index in [1.54, 1.807) is 22.6 Å². The Labute approximate surface area is 196 Å². The quantitative estimate of drug-likeness (QED) is 0.404. The van der Waals surface area contributed by atoms with Crippen molar-refractivity contribution in [2.45, 2.75) is 23.9 Å². The van der Waals surface area contributed by atoms with Crippen molar-refractivity contribution in [1.29, 1.82) is 0 Å². The van der Waals surface area contributed by atoms with Gasteiger partial charge in [0.25, 0.3) is 5.91 Å². The topological polar surface area (TPSA) is 84.7 Å². The molecule has 2 N–H and O–H groups in total. The van der Waals surface area contributed by atoms with Gasteiger partial charge in [0.1, 0.15) is 6.04 Å². The number of aromatic nitrogens is 4. The predicted octanol–water partition coefficient (Wildman–Crippen LogP) is 4.89. The van der Waals surface area contributed by atoms with Gasteiger partial charge in [0.05, 0.1) is 11.3 Å². The average molecular weight is 455 g/mol. The normalized spacial score (nSPS) is 15.0. The van der Waals surface area contributed by atoms with Crippen LogP contribution in [0.3, 0.4) is 0 Å². The van der Waals surface area contributed by atoms with Crippen molar-refractivity contribution in [3.8, 4) is 0 Å². The van der Waals surface area contributed by atoms with Crippen LogP contribution in [0.2, 0.25) is 0 Å². The van der Waals surface area contributed by atoms with Gasteiger partial charge in [-0.3, -0.25) is 9.78 Å². The molecule has 0 aliphatic carbocycles. The number of pyridine rings is 1.